The molecule has 0 aromatic heterocycles. The minimum Gasteiger partial charge on any atom is -0.394 e. The molecule has 1 aliphatic heterocycles. The second kappa shape index (κ2) is 40.1. The maximum Gasteiger partial charge on any atom is 0.249 e. The number of nitrogens with one attached hydrogen (secondary N) is 1. The summed E-state index contributed by atoms with van der Waals surface area (Å²) in [7, 11) is 0. The molecule has 0 aliphatic carbocycles. The summed E-state index contributed by atoms with van der Waals surface area (Å²) < 4.78 is 11.1. The van der Waals surface area contributed by atoms with Gasteiger partial charge < -0.3 is 50.5 Å². The Morgan fingerprint density at radius 3 is 1.46 bits per heavy atom. The van der Waals surface area contributed by atoms with Gasteiger partial charge in [0, 0.05) is 0 Å². The zero-order valence-electron chi connectivity index (χ0n) is 38.9. The van der Waals surface area contributed by atoms with Crippen LogP contribution in [0.15, 0.2) is 24.3 Å². The van der Waals surface area contributed by atoms with E-state index in [1.807, 2.05) is 6.08 Å². The molecule has 11 heteroatoms. The molecule has 61 heavy (non-hydrogen) atoms. The molecular formula is C50H95NO10. The fourth-order valence-electron chi connectivity index (χ4n) is 8.05. The van der Waals surface area contributed by atoms with Gasteiger partial charge in [0.05, 0.1) is 25.4 Å². The summed E-state index contributed by atoms with van der Waals surface area (Å²) in [6.07, 6.45) is 34.0. The van der Waals surface area contributed by atoms with E-state index in [9.17, 15) is 40.5 Å². The van der Waals surface area contributed by atoms with Crippen LogP contribution in [0.2, 0.25) is 0 Å². The first-order valence-electron chi connectivity index (χ1n) is 25.2. The van der Waals surface area contributed by atoms with E-state index >= 15 is 0 Å². The van der Waals surface area contributed by atoms with Crippen LogP contribution < -0.4 is 5.32 Å². The molecule has 8 N–H and O–H groups in total. The minimum absolute atomic E-state index is 0.246. The Bertz CT molecular complexity index is 1040. The monoisotopic (exact) mass is 870 g/mol. The molecule has 9 unspecified atom stereocenters. The van der Waals surface area contributed by atoms with Crippen molar-refractivity contribution in [1.82, 2.24) is 5.32 Å². The molecule has 1 saturated heterocycles. The van der Waals surface area contributed by atoms with Gasteiger partial charge in [0.2, 0.25) is 5.91 Å². The van der Waals surface area contributed by atoms with Crippen LogP contribution in [0.1, 0.15) is 219 Å². The van der Waals surface area contributed by atoms with Crippen molar-refractivity contribution in [2.24, 2.45) is 0 Å². The highest BCUT2D eigenvalue weighted by molar-refractivity contribution is 5.80. The third-order valence-electron chi connectivity index (χ3n) is 12.2. The van der Waals surface area contributed by atoms with Gasteiger partial charge in [-0.25, -0.2) is 0 Å². The predicted octanol–water partition coefficient (Wildman–Crippen LogP) is 9.01. The molecule has 1 amide bonds. The van der Waals surface area contributed by atoms with Crippen molar-refractivity contribution in [1.29, 1.82) is 0 Å². The summed E-state index contributed by atoms with van der Waals surface area (Å²) >= 11 is 0. The number of allylic oxidation sites excluding steroid dienone is 4. The first-order chi connectivity index (χ1) is 29.7. The van der Waals surface area contributed by atoms with Crippen LogP contribution in [0.3, 0.4) is 0 Å². The largest absolute Gasteiger partial charge is 0.394 e. The Labute approximate surface area is 372 Å². The summed E-state index contributed by atoms with van der Waals surface area (Å²) in [6.45, 7) is 3.35. The average Bonchev–Trinajstić information content (AvgIpc) is 3.26. The van der Waals surface area contributed by atoms with Crippen molar-refractivity contribution in [3.8, 4) is 0 Å². The van der Waals surface area contributed by atoms with Gasteiger partial charge in [-0.2, -0.15) is 0 Å². The zero-order valence-corrected chi connectivity index (χ0v) is 38.9. The first-order valence-corrected chi connectivity index (χ1v) is 25.2. The van der Waals surface area contributed by atoms with Crippen LogP contribution in [0.5, 0.6) is 0 Å². The van der Waals surface area contributed by atoms with Crippen molar-refractivity contribution in [3.63, 3.8) is 0 Å². The van der Waals surface area contributed by atoms with Crippen molar-refractivity contribution in [2.45, 2.75) is 274 Å². The molecule has 1 aliphatic rings. The average molecular weight is 870 g/mol. The maximum absolute atomic E-state index is 13.1. The first kappa shape index (κ1) is 57.6. The molecule has 1 heterocycles. The summed E-state index contributed by atoms with van der Waals surface area (Å²) in [5.41, 5.74) is 0. The van der Waals surface area contributed by atoms with Gasteiger partial charge >= 0.3 is 0 Å². The lowest BCUT2D eigenvalue weighted by molar-refractivity contribution is -0.303. The lowest BCUT2D eigenvalue weighted by Gasteiger charge is -2.40. The lowest BCUT2D eigenvalue weighted by Crippen LogP contribution is -2.60. The Kier molecular flexibility index (Phi) is 37.9. The molecule has 1 fully saturated rings. The number of aliphatic hydroxyl groups is 7. The van der Waals surface area contributed by atoms with Gasteiger partial charge in [-0.05, 0) is 44.9 Å². The van der Waals surface area contributed by atoms with Crippen LogP contribution in [0.25, 0.3) is 0 Å². The third kappa shape index (κ3) is 29.6. The highest BCUT2D eigenvalue weighted by Gasteiger charge is 2.44. The van der Waals surface area contributed by atoms with E-state index in [-0.39, 0.29) is 12.8 Å². The van der Waals surface area contributed by atoms with Crippen molar-refractivity contribution in [3.05, 3.63) is 24.3 Å². The Balaban J connectivity index is 2.30. The molecule has 1 rings (SSSR count). The molecular weight excluding hydrogens is 775 g/mol. The molecule has 0 saturated carbocycles. The number of amides is 1. The number of carbonyl (C=O) groups excluding carboxylic acids is 1. The van der Waals surface area contributed by atoms with Crippen LogP contribution in [-0.4, -0.2) is 110 Å². The molecule has 0 radical (unpaired) electrons. The Morgan fingerprint density at radius 1 is 0.557 bits per heavy atom. The molecule has 9 atom stereocenters. The van der Waals surface area contributed by atoms with Gasteiger partial charge in [-0.3, -0.25) is 4.79 Å². The van der Waals surface area contributed by atoms with Crippen LogP contribution >= 0.6 is 0 Å². The molecule has 360 valence electrons. The third-order valence-corrected chi connectivity index (χ3v) is 12.2. The number of carbonyl (C=O) groups is 1. The molecule has 0 aromatic carbocycles. The minimum atomic E-state index is -1.67. The fourth-order valence-corrected chi connectivity index (χ4v) is 8.05. The number of rotatable bonds is 42. The normalized spacial score (nSPS) is 21.6. The van der Waals surface area contributed by atoms with E-state index in [0.29, 0.717) is 19.3 Å². The second-order valence-corrected chi connectivity index (χ2v) is 17.9. The Hall–Kier alpha value is -1.41. The van der Waals surface area contributed by atoms with Crippen molar-refractivity contribution < 1.29 is 50.0 Å². The number of unbranched alkanes of at least 4 members (excludes halogenated alkanes) is 26. The Morgan fingerprint density at radius 2 is 1.00 bits per heavy atom. The smallest absolute Gasteiger partial charge is 0.249 e. The second-order valence-electron chi connectivity index (χ2n) is 17.9. The maximum atomic E-state index is 13.1. The predicted molar refractivity (Wildman–Crippen MR) is 247 cm³/mol. The van der Waals surface area contributed by atoms with E-state index in [1.54, 1.807) is 0 Å². The van der Waals surface area contributed by atoms with Gasteiger partial charge in [0.25, 0.3) is 0 Å². The number of aliphatic hydroxyl groups excluding tert-OH is 7. The zero-order chi connectivity index (χ0) is 44.8. The number of hydrogen-bond acceptors (Lipinski definition) is 10. The van der Waals surface area contributed by atoms with Crippen molar-refractivity contribution >= 4 is 5.91 Å². The van der Waals surface area contributed by atoms with E-state index in [4.69, 9.17) is 9.47 Å². The van der Waals surface area contributed by atoms with Crippen LogP contribution in [0.4, 0.5) is 0 Å². The van der Waals surface area contributed by atoms with Gasteiger partial charge in [0.15, 0.2) is 6.29 Å². The van der Waals surface area contributed by atoms with Gasteiger partial charge in [-0.15, -0.1) is 0 Å². The molecule has 0 spiro atoms. The summed E-state index contributed by atoms with van der Waals surface area (Å²) in [5.74, 6) is -0.710. The van der Waals surface area contributed by atoms with Crippen molar-refractivity contribution in [2.75, 3.05) is 13.2 Å². The summed E-state index contributed by atoms with van der Waals surface area (Å²) in [6, 6.07) is -1.19. The molecule has 0 bridgehead atoms. The highest BCUT2D eigenvalue weighted by atomic mass is 16.7. The quantitative estimate of drug-likeness (QED) is 0.0217. The topological polar surface area (TPSA) is 189 Å². The van der Waals surface area contributed by atoms with E-state index < -0.39 is 74.2 Å². The van der Waals surface area contributed by atoms with Gasteiger partial charge in [-0.1, -0.05) is 199 Å². The summed E-state index contributed by atoms with van der Waals surface area (Å²) in [5, 5.41) is 75.6. The van der Waals surface area contributed by atoms with Crippen LogP contribution in [-0.2, 0) is 14.3 Å². The highest BCUT2D eigenvalue weighted by Crippen LogP contribution is 2.23. The molecule has 0 aromatic rings. The fraction of sp³-hybridized carbons (Fsp3) is 0.900. The van der Waals surface area contributed by atoms with E-state index in [2.05, 4.69) is 37.4 Å². The van der Waals surface area contributed by atoms with E-state index in [0.717, 1.165) is 44.9 Å². The molecule has 11 nitrogen and oxygen atoms in total. The van der Waals surface area contributed by atoms with E-state index in [1.165, 1.54) is 128 Å². The summed E-state index contributed by atoms with van der Waals surface area (Å²) in [4.78, 5) is 13.1. The van der Waals surface area contributed by atoms with Crippen LogP contribution in [0, 0.1) is 0 Å². The number of hydrogen-bond donors (Lipinski definition) is 8. The standard InChI is InChI=1S/C50H95NO10/c1-3-5-7-9-11-13-15-16-17-18-19-20-21-22-23-24-25-26-27-28-30-32-34-36-38-43(54)49(59)51-41(40-60-50-48(58)47(57)46(56)44(39-52)61-50)45(55)42(53)37-35-33-31-29-14-12-10-8-6-4-2/h8,10,29,31,41-48,50,52-58H,3-7,9,11-28,30,32-40H2,1-2H3,(H,51,59)/b10-8+,31-29+. The lowest BCUT2D eigenvalue weighted by atomic mass is 9.98. The number of ether oxygens (including phenoxy) is 2. The SMILES string of the molecule is CCC/C=C/CC/C=C/CCCC(O)C(O)C(COC1OC(CO)C(O)C(O)C1O)NC(=O)C(O)CCCCCCCCCCCCCCCCCCCCCCCCCC. The van der Waals surface area contributed by atoms with Gasteiger partial charge in [0.1, 0.15) is 36.6 Å².